The summed E-state index contributed by atoms with van der Waals surface area (Å²) in [7, 11) is 0. The number of carbonyl (C=O) groups is 2. The number of halogens is 3. The molecule has 0 unspecified atom stereocenters. The molecule has 35 heavy (non-hydrogen) atoms. The number of nitrogens with one attached hydrogen (secondary N) is 3. The molecule has 0 radical (unpaired) electrons. The summed E-state index contributed by atoms with van der Waals surface area (Å²) in [6, 6.07) is 10.6. The van der Waals surface area contributed by atoms with Crippen molar-refractivity contribution in [2.75, 3.05) is 18.4 Å². The summed E-state index contributed by atoms with van der Waals surface area (Å²) in [5.41, 5.74) is 0.748. The summed E-state index contributed by atoms with van der Waals surface area (Å²) in [4.78, 5) is 31.2. The van der Waals surface area contributed by atoms with E-state index in [1.54, 1.807) is 30.3 Å². The molecule has 2 aromatic carbocycles. The Bertz CT molecular complexity index is 1060. The third-order valence-electron chi connectivity index (χ3n) is 6.22. The maximum absolute atomic E-state index is 13.9. The number of aliphatic imine (C=N–C) groups is 1. The van der Waals surface area contributed by atoms with Gasteiger partial charge in [-0.3, -0.25) is 4.79 Å². The predicted molar refractivity (Wildman–Crippen MR) is 137 cm³/mol. The summed E-state index contributed by atoms with van der Waals surface area (Å²) in [6.07, 6.45) is 5.30. The fraction of sp³-hybridized carbons (Fsp3) is 0.400. The summed E-state index contributed by atoms with van der Waals surface area (Å²) in [6.45, 7) is 1.64. The molecule has 1 aliphatic heterocycles. The van der Waals surface area contributed by atoms with E-state index in [9.17, 15) is 14.0 Å². The Morgan fingerprint density at radius 1 is 0.886 bits per heavy atom. The van der Waals surface area contributed by atoms with E-state index in [2.05, 4.69) is 20.9 Å². The van der Waals surface area contributed by atoms with Crippen LogP contribution in [0.1, 0.15) is 48.9 Å². The molecule has 2 aromatic rings. The van der Waals surface area contributed by atoms with E-state index in [4.69, 9.17) is 23.2 Å². The molecule has 7 nitrogen and oxygen atoms in total. The average Bonchev–Trinajstić information content (AvgIpc) is 3.35. The van der Waals surface area contributed by atoms with Crippen molar-refractivity contribution in [3.8, 4) is 0 Å². The van der Waals surface area contributed by atoms with Crippen LogP contribution in [0.4, 0.5) is 14.9 Å². The van der Waals surface area contributed by atoms with Gasteiger partial charge in [0, 0.05) is 46.5 Å². The largest absolute Gasteiger partial charge is 0.353 e. The number of likely N-dealkylation sites (tertiary alicyclic amines) is 1. The fourth-order valence-corrected chi connectivity index (χ4v) is 4.73. The van der Waals surface area contributed by atoms with Gasteiger partial charge in [0.1, 0.15) is 5.82 Å². The fourth-order valence-electron chi connectivity index (χ4n) is 4.38. The lowest BCUT2D eigenvalue weighted by atomic mass is 9.91. The molecule has 10 heteroatoms. The smallest absolute Gasteiger partial charge is 0.317 e. The maximum atomic E-state index is 13.9. The summed E-state index contributed by atoms with van der Waals surface area (Å²) < 4.78 is 13.9. The van der Waals surface area contributed by atoms with E-state index in [0.717, 1.165) is 51.6 Å². The molecule has 4 rings (SSSR count). The maximum Gasteiger partial charge on any atom is 0.317 e. The lowest BCUT2D eigenvalue weighted by Crippen LogP contribution is -2.48. The van der Waals surface area contributed by atoms with Crippen molar-refractivity contribution in [2.24, 2.45) is 4.99 Å². The molecule has 0 atom stereocenters. The van der Waals surface area contributed by atoms with Crippen LogP contribution in [0.25, 0.3) is 0 Å². The van der Waals surface area contributed by atoms with Gasteiger partial charge in [-0.2, -0.15) is 4.99 Å². The summed E-state index contributed by atoms with van der Waals surface area (Å²) >= 11 is 11.9. The third-order valence-corrected chi connectivity index (χ3v) is 6.69. The third kappa shape index (κ3) is 7.32. The first kappa shape index (κ1) is 25.3. The van der Waals surface area contributed by atoms with Gasteiger partial charge in [-0.05, 0) is 81.0 Å². The zero-order chi connectivity index (χ0) is 24.8. The number of nitrogens with zero attached hydrogens (tertiary/aromatic N) is 2. The SMILES string of the molecule is O=C(/N=C(/Nc1cc(F)cc(Cl)c1)NC1CCC(NC(=O)N2CCCC2)CC1)c1ccc(Cl)cc1. The lowest BCUT2D eigenvalue weighted by molar-refractivity contribution is 0.100. The first-order chi connectivity index (χ1) is 16.9. The van der Waals surface area contributed by atoms with Crippen molar-refractivity contribution >= 4 is 46.8 Å². The number of urea groups is 1. The highest BCUT2D eigenvalue weighted by atomic mass is 35.5. The van der Waals surface area contributed by atoms with Crippen molar-refractivity contribution in [3.63, 3.8) is 0 Å². The Kier molecular flexibility index (Phi) is 8.46. The molecule has 1 saturated heterocycles. The number of benzene rings is 2. The van der Waals surface area contributed by atoms with Crippen molar-refractivity contribution < 1.29 is 14.0 Å². The second kappa shape index (κ2) is 11.7. The van der Waals surface area contributed by atoms with Crippen molar-refractivity contribution in [1.29, 1.82) is 0 Å². The number of guanidine groups is 1. The van der Waals surface area contributed by atoms with Crippen molar-refractivity contribution in [2.45, 2.75) is 50.6 Å². The zero-order valence-electron chi connectivity index (χ0n) is 19.2. The highest BCUT2D eigenvalue weighted by Crippen LogP contribution is 2.21. The Labute approximate surface area is 214 Å². The van der Waals surface area contributed by atoms with E-state index in [1.165, 1.54) is 12.1 Å². The number of carbonyl (C=O) groups excluding carboxylic acids is 2. The van der Waals surface area contributed by atoms with E-state index < -0.39 is 11.7 Å². The molecular weight excluding hydrogens is 492 g/mol. The number of hydrogen-bond acceptors (Lipinski definition) is 2. The summed E-state index contributed by atoms with van der Waals surface area (Å²) in [5, 5.41) is 10.2. The van der Waals surface area contributed by atoms with Crippen LogP contribution < -0.4 is 16.0 Å². The van der Waals surface area contributed by atoms with Crippen LogP contribution >= 0.6 is 23.2 Å². The average molecular weight is 520 g/mol. The molecule has 2 aliphatic rings. The van der Waals surface area contributed by atoms with Gasteiger partial charge in [0.25, 0.3) is 5.91 Å². The Balaban J connectivity index is 1.41. The number of hydrogen-bond donors (Lipinski definition) is 3. The van der Waals surface area contributed by atoms with E-state index in [1.807, 2.05) is 4.90 Å². The molecule has 0 aromatic heterocycles. The van der Waals surface area contributed by atoms with Crippen LogP contribution in [0, 0.1) is 5.82 Å². The Morgan fingerprint density at radius 2 is 1.51 bits per heavy atom. The number of amides is 3. The Morgan fingerprint density at radius 3 is 2.14 bits per heavy atom. The Hall–Kier alpha value is -2.84. The minimum atomic E-state index is -0.502. The molecule has 1 saturated carbocycles. The van der Waals surface area contributed by atoms with Crippen LogP contribution in [0.3, 0.4) is 0 Å². The van der Waals surface area contributed by atoms with Crippen molar-refractivity contribution in [1.82, 2.24) is 15.5 Å². The number of anilines is 1. The quantitative estimate of drug-likeness (QED) is 0.370. The number of rotatable bonds is 4. The van der Waals surface area contributed by atoms with E-state index >= 15 is 0 Å². The second-order valence-electron chi connectivity index (χ2n) is 8.89. The van der Waals surface area contributed by atoms with Gasteiger partial charge < -0.3 is 20.9 Å². The molecule has 186 valence electrons. The van der Waals surface area contributed by atoms with Gasteiger partial charge in [0.15, 0.2) is 0 Å². The molecule has 0 bridgehead atoms. The molecular formula is C25H28Cl2FN5O2. The molecule has 1 heterocycles. The van der Waals surface area contributed by atoms with Crippen LogP contribution in [0.5, 0.6) is 0 Å². The van der Waals surface area contributed by atoms with Gasteiger partial charge in [-0.15, -0.1) is 0 Å². The van der Waals surface area contributed by atoms with Gasteiger partial charge in [-0.25, -0.2) is 9.18 Å². The van der Waals surface area contributed by atoms with Crippen LogP contribution in [0.2, 0.25) is 10.0 Å². The molecule has 3 N–H and O–H groups in total. The topological polar surface area (TPSA) is 85.8 Å². The molecule has 1 aliphatic carbocycles. The minimum absolute atomic E-state index is 0.0133. The second-order valence-corrected chi connectivity index (χ2v) is 9.76. The molecule has 3 amide bonds. The van der Waals surface area contributed by atoms with Gasteiger partial charge in [0.05, 0.1) is 0 Å². The monoisotopic (exact) mass is 519 g/mol. The van der Waals surface area contributed by atoms with E-state index in [-0.39, 0.29) is 29.1 Å². The summed E-state index contributed by atoms with van der Waals surface area (Å²) in [5.74, 6) is -0.764. The lowest BCUT2D eigenvalue weighted by Gasteiger charge is -2.31. The zero-order valence-corrected chi connectivity index (χ0v) is 20.7. The van der Waals surface area contributed by atoms with Gasteiger partial charge in [0.2, 0.25) is 5.96 Å². The molecule has 0 spiro atoms. The van der Waals surface area contributed by atoms with Gasteiger partial charge in [-0.1, -0.05) is 23.2 Å². The van der Waals surface area contributed by atoms with Gasteiger partial charge >= 0.3 is 6.03 Å². The predicted octanol–water partition coefficient (Wildman–Crippen LogP) is 5.45. The normalized spacial score (nSPS) is 20.4. The highest BCUT2D eigenvalue weighted by Gasteiger charge is 2.26. The van der Waals surface area contributed by atoms with Crippen LogP contribution in [-0.2, 0) is 0 Å². The standard InChI is InChI=1S/C25H28Cl2FN5O2/c26-17-5-3-16(4-6-17)23(34)32-24(30-22-14-18(27)13-19(28)15-22)29-20-7-9-21(10-8-20)31-25(35)33-11-1-2-12-33/h3-6,13-15,20-21H,1-2,7-12H2,(H,31,35)(H2,29,30,32,34). The first-order valence-electron chi connectivity index (χ1n) is 11.8. The van der Waals surface area contributed by atoms with E-state index in [0.29, 0.717) is 16.3 Å². The van der Waals surface area contributed by atoms with Crippen molar-refractivity contribution in [3.05, 3.63) is 63.9 Å². The van der Waals surface area contributed by atoms with Crippen LogP contribution in [0.15, 0.2) is 47.5 Å². The van der Waals surface area contributed by atoms with Crippen LogP contribution in [-0.4, -0.2) is 48.0 Å². The highest BCUT2D eigenvalue weighted by molar-refractivity contribution is 6.31. The molecule has 2 fully saturated rings. The minimum Gasteiger partial charge on any atom is -0.353 e. The first-order valence-corrected chi connectivity index (χ1v) is 12.5.